The molecule has 1 nitrogen and oxygen atoms in total. The number of nitrogens with zero attached hydrogens (tertiary/aromatic N) is 1. The molecule has 1 aliphatic rings. The third-order valence-corrected chi connectivity index (χ3v) is 3.74. The number of hydrogen-bond acceptors (Lipinski definition) is 1. The molecule has 12 heavy (non-hydrogen) atoms. The lowest BCUT2D eigenvalue weighted by Gasteiger charge is -2.20. The average molecular weight is 234 g/mol. The van der Waals surface area contributed by atoms with Gasteiger partial charge in [0.2, 0.25) is 0 Å². The number of hydrogen-bond donors (Lipinski definition) is 0. The standard InChI is InChI=1S/C10H20BrN/c1-3-10(6-11)8-12-5-4-9(2)7-12/h9-10H,3-8H2,1-2H3. The minimum atomic E-state index is 0.857. The molecule has 1 aliphatic heterocycles. The SMILES string of the molecule is CCC(CBr)CN1CCC(C)C1. The summed E-state index contributed by atoms with van der Waals surface area (Å²) in [7, 11) is 0. The van der Waals surface area contributed by atoms with Crippen molar-refractivity contribution in [2.45, 2.75) is 26.7 Å². The van der Waals surface area contributed by atoms with E-state index in [1.54, 1.807) is 0 Å². The van der Waals surface area contributed by atoms with Crippen LogP contribution in [-0.2, 0) is 0 Å². The van der Waals surface area contributed by atoms with E-state index in [-0.39, 0.29) is 0 Å². The molecule has 1 heterocycles. The second-order valence-corrected chi connectivity index (χ2v) is 4.73. The predicted octanol–water partition coefficient (Wildman–Crippen LogP) is 2.75. The number of alkyl halides is 1. The van der Waals surface area contributed by atoms with Gasteiger partial charge >= 0.3 is 0 Å². The predicted molar refractivity (Wildman–Crippen MR) is 57.8 cm³/mol. The Morgan fingerprint density at radius 1 is 1.58 bits per heavy atom. The molecule has 1 rings (SSSR count). The van der Waals surface area contributed by atoms with E-state index >= 15 is 0 Å². The fourth-order valence-electron chi connectivity index (χ4n) is 1.84. The highest BCUT2D eigenvalue weighted by atomic mass is 79.9. The average Bonchev–Trinajstić information content (AvgIpc) is 2.47. The van der Waals surface area contributed by atoms with Crippen molar-refractivity contribution >= 4 is 15.9 Å². The van der Waals surface area contributed by atoms with Gasteiger partial charge in [-0.1, -0.05) is 36.2 Å². The van der Waals surface area contributed by atoms with Crippen LogP contribution in [0.15, 0.2) is 0 Å². The summed E-state index contributed by atoms with van der Waals surface area (Å²) in [4.78, 5) is 2.61. The van der Waals surface area contributed by atoms with Gasteiger partial charge in [0.05, 0.1) is 0 Å². The molecule has 0 saturated carbocycles. The molecule has 0 spiro atoms. The van der Waals surface area contributed by atoms with Crippen LogP contribution in [0.4, 0.5) is 0 Å². The molecule has 2 heteroatoms. The van der Waals surface area contributed by atoms with Crippen LogP contribution in [0.2, 0.25) is 0 Å². The van der Waals surface area contributed by atoms with E-state index in [0.29, 0.717) is 0 Å². The van der Waals surface area contributed by atoms with Gasteiger partial charge in [0.1, 0.15) is 0 Å². The Morgan fingerprint density at radius 3 is 2.75 bits per heavy atom. The molecular weight excluding hydrogens is 214 g/mol. The minimum Gasteiger partial charge on any atom is -0.303 e. The lowest BCUT2D eigenvalue weighted by molar-refractivity contribution is 0.280. The van der Waals surface area contributed by atoms with Gasteiger partial charge in [0, 0.05) is 18.4 Å². The Labute approximate surface area is 84.6 Å². The molecule has 0 radical (unpaired) electrons. The van der Waals surface area contributed by atoms with Crippen LogP contribution in [-0.4, -0.2) is 29.9 Å². The van der Waals surface area contributed by atoms with Crippen molar-refractivity contribution in [3.8, 4) is 0 Å². The first kappa shape index (κ1) is 10.5. The third kappa shape index (κ3) is 3.06. The third-order valence-electron chi connectivity index (χ3n) is 2.82. The number of rotatable bonds is 4. The topological polar surface area (TPSA) is 3.24 Å². The van der Waals surface area contributed by atoms with E-state index in [0.717, 1.165) is 17.2 Å². The summed E-state index contributed by atoms with van der Waals surface area (Å²) in [5.74, 6) is 1.79. The number of halogens is 1. The maximum absolute atomic E-state index is 3.57. The largest absolute Gasteiger partial charge is 0.303 e. The Bertz CT molecular complexity index is 123. The van der Waals surface area contributed by atoms with Crippen LogP contribution in [0.5, 0.6) is 0 Å². The lowest BCUT2D eigenvalue weighted by atomic mass is 10.1. The van der Waals surface area contributed by atoms with E-state index in [2.05, 4.69) is 34.7 Å². The zero-order valence-corrected chi connectivity index (χ0v) is 9.81. The van der Waals surface area contributed by atoms with Crippen LogP contribution in [0.1, 0.15) is 26.7 Å². The molecule has 0 aliphatic carbocycles. The summed E-state index contributed by atoms with van der Waals surface area (Å²) in [6.07, 6.45) is 2.70. The molecule has 2 unspecified atom stereocenters. The Kier molecular flexibility index (Phi) is 4.59. The normalized spacial score (nSPS) is 27.8. The molecule has 2 atom stereocenters. The van der Waals surface area contributed by atoms with Crippen LogP contribution >= 0.6 is 15.9 Å². The van der Waals surface area contributed by atoms with Crippen molar-refractivity contribution in [3.05, 3.63) is 0 Å². The fraction of sp³-hybridized carbons (Fsp3) is 1.00. The monoisotopic (exact) mass is 233 g/mol. The van der Waals surface area contributed by atoms with Crippen molar-refractivity contribution < 1.29 is 0 Å². The van der Waals surface area contributed by atoms with E-state index in [1.807, 2.05) is 0 Å². The van der Waals surface area contributed by atoms with Gasteiger partial charge in [0.25, 0.3) is 0 Å². The highest BCUT2D eigenvalue weighted by molar-refractivity contribution is 9.09. The van der Waals surface area contributed by atoms with Gasteiger partial charge in [0.15, 0.2) is 0 Å². The van der Waals surface area contributed by atoms with Crippen molar-refractivity contribution in [2.75, 3.05) is 25.0 Å². The molecule has 72 valence electrons. The molecule has 0 aromatic rings. The molecule has 0 amide bonds. The van der Waals surface area contributed by atoms with E-state index < -0.39 is 0 Å². The Balaban J connectivity index is 2.21. The van der Waals surface area contributed by atoms with Crippen LogP contribution < -0.4 is 0 Å². The van der Waals surface area contributed by atoms with Crippen molar-refractivity contribution in [1.29, 1.82) is 0 Å². The quantitative estimate of drug-likeness (QED) is 0.676. The van der Waals surface area contributed by atoms with Crippen molar-refractivity contribution in [2.24, 2.45) is 11.8 Å². The van der Waals surface area contributed by atoms with Crippen LogP contribution in [0.25, 0.3) is 0 Å². The maximum Gasteiger partial charge on any atom is 0.00717 e. The van der Waals surface area contributed by atoms with Crippen molar-refractivity contribution in [3.63, 3.8) is 0 Å². The van der Waals surface area contributed by atoms with Gasteiger partial charge in [-0.3, -0.25) is 0 Å². The number of likely N-dealkylation sites (tertiary alicyclic amines) is 1. The summed E-state index contributed by atoms with van der Waals surface area (Å²) in [5.41, 5.74) is 0. The maximum atomic E-state index is 3.57. The van der Waals surface area contributed by atoms with Gasteiger partial charge in [-0.25, -0.2) is 0 Å². The summed E-state index contributed by atoms with van der Waals surface area (Å²) < 4.78 is 0. The van der Waals surface area contributed by atoms with E-state index in [9.17, 15) is 0 Å². The first-order chi connectivity index (χ1) is 5.76. The highest BCUT2D eigenvalue weighted by Crippen LogP contribution is 2.18. The van der Waals surface area contributed by atoms with Gasteiger partial charge in [-0.15, -0.1) is 0 Å². The Hall–Kier alpha value is 0.440. The van der Waals surface area contributed by atoms with Gasteiger partial charge in [-0.05, 0) is 24.8 Å². The van der Waals surface area contributed by atoms with Crippen LogP contribution in [0.3, 0.4) is 0 Å². The Morgan fingerprint density at radius 2 is 2.33 bits per heavy atom. The zero-order chi connectivity index (χ0) is 8.97. The smallest absolute Gasteiger partial charge is 0.00717 e. The first-order valence-electron chi connectivity index (χ1n) is 5.04. The first-order valence-corrected chi connectivity index (χ1v) is 6.16. The second-order valence-electron chi connectivity index (χ2n) is 4.08. The van der Waals surface area contributed by atoms with E-state index in [4.69, 9.17) is 0 Å². The molecule has 0 N–H and O–H groups in total. The summed E-state index contributed by atoms with van der Waals surface area (Å²) in [5, 5.41) is 1.16. The van der Waals surface area contributed by atoms with Gasteiger partial charge < -0.3 is 4.90 Å². The molecule has 0 bridgehead atoms. The lowest BCUT2D eigenvalue weighted by Crippen LogP contribution is -2.27. The minimum absolute atomic E-state index is 0.857. The van der Waals surface area contributed by atoms with Crippen LogP contribution in [0, 0.1) is 11.8 Å². The second kappa shape index (κ2) is 5.23. The summed E-state index contributed by atoms with van der Waals surface area (Å²) in [6.45, 7) is 8.58. The molecule has 1 saturated heterocycles. The summed E-state index contributed by atoms with van der Waals surface area (Å²) in [6, 6.07) is 0. The van der Waals surface area contributed by atoms with Crippen molar-refractivity contribution in [1.82, 2.24) is 4.90 Å². The molecule has 1 fully saturated rings. The van der Waals surface area contributed by atoms with E-state index in [1.165, 1.54) is 32.5 Å². The highest BCUT2D eigenvalue weighted by Gasteiger charge is 2.20. The zero-order valence-electron chi connectivity index (χ0n) is 8.22. The fourth-order valence-corrected chi connectivity index (χ4v) is 2.51. The molecule has 0 aromatic carbocycles. The molecular formula is C10H20BrN. The van der Waals surface area contributed by atoms with Gasteiger partial charge in [-0.2, -0.15) is 0 Å². The summed E-state index contributed by atoms with van der Waals surface area (Å²) >= 11 is 3.57. The molecule has 0 aromatic heterocycles.